The summed E-state index contributed by atoms with van der Waals surface area (Å²) in [5, 5.41) is 39.1. The van der Waals surface area contributed by atoms with Gasteiger partial charge >= 0.3 is 11.9 Å². The molecule has 8 nitrogen and oxygen atoms in total. The smallest absolute Gasteiger partial charge is 0.335 e. The second-order valence-electron chi connectivity index (χ2n) is 3.63. The van der Waals surface area contributed by atoms with Crippen LogP contribution in [-0.2, 0) is 9.59 Å². The van der Waals surface area contributed by atoms with Crippen molar-refractivity contribution in [1.82, 2.24) is 10.6 Å². The summed E-state index contributed by atoms with van der Waals surface area (Å²) in [6.45, 7) is 5.57. The van der Waals surface area contributed by atoms with Crippen LogP contribution in [0, 0.1) is 0 Å². The van der Waals surface area contributed by atoms with Crippen molar-refractivity contribution < 1.29 is 30.0 Å². The van der Waals surface area contributed by atoms with Gasteiger partial charge in [-0.3, -0.25) is 0 Å². The monoisotopic (exact) mass is 286 g/mol. The summed E-state index contributed by atoms with van der Waals surface area (Å²) in [6.07, 6.45) is -4.53. The zero-order valence-electron chi connectivity index (χ0n) is 9.87. The molecule has 1 saturated heterocycles. The molecule has 0 bridgehead atoms. The summed E-state index contributed by atoms with van der Waals surface area (Å²) in [7, 11) is 0. The Morgan fingerprint density at radius 1 is 1.11 bits per heavy atom. The lowest BCUT2D eigenvalue weighted by Gasteiger charge is -2.19. The van der Waals surface area contributed by atoms with E-state index in [-0.39, 0.29) is 12.4 Å². The first kappa shape index (κ1) is 19.4. The molecule has 9 heteroatoms. The van der Waals surface area contributed by atoms with Crippen LogP contribution in [0.15, 0.2) is 0 Å². The number of carbonyl (C=O) groups is 2. The van der Waals surface area contributed by atoms with Gasteiger partial charge in [0.2, 0.25) is 0 Å². The van der Waals surface area contributed by atoms with E-state index in [1.54, 1.807) is 0 Å². The van der Waals surface area contributed by atoms with Crippen molar-refractivity contribution in [3.05, 3.63) is 0 Å². The van der Waals surface area contributed by atoms with Gasteiger partial charge in [0, 0.05) is 25.7 Å². The molecule has 0 aromatic rings. The van der Waals surface area contributed by atoms with E-state index in [9.17, 15) is 9.59 Å². The molecule has 0 radical (unpaired) electrons. The fraction of sp³-hybridized carbons (Fsp3) is 0.778. The van der Waals surface area contributed by atoms with Crippen LogP contribution in [0.25, 0.3) is 0 Å². The SMILES string of the molecule is C[C@H]1CNCCN1.Cl.O=C(O)[C@@H](O)[C@H](O)C(=O)O. The maximum absolute atomic E-state index is 9.77. The first-order valence-corrected chi connectivity index (χ1v) is 5.12. The number of rotatable bonds is 3. The van der Waals surface area contributed by atoms with Gasteiger partial charge in [0.15, 0.2) is 12.2 Å². The first-order valence-electron chi connectivity index (χ1n) is 5.12. The van der Waals surface area contributed by atoms with Gasteiger partial charge in [0.1, 0.15) is 0 Å². The van der Waals surface area contributed by atoms with Gasteiger partial charge in [-0.1, -0.05) is 0 Å². The average Bonchev–Trinajstić information content (AvgIpc) is 2.28. The number of aliphatic hydroxyl groups excluding tert-OH is 2. The minimum atomic E-state index is -2.27. The predicted octanol–water partition coefficient (Wildman–Crippen LogP) is -2.13. The van der Waals surface area contributed by atoms with E-state index in [0.29, 0.717) is 6.04 Å². The summed E-state index contributed by atoms with van der Waals surface area (Å²) < 4.78 is 0. The Balaban J connectivity index is 0. The van der Waals surface area contributed by atoms with E-state index in [2.05, 4.69) is 17.6 Å². The highest BCUT2D eigenvalue weighted by atomic mass is 35.5. The Kier molecular flexibility index (Phi) is 10.8. The molecule has 108 valence electrons. The maximum Gasteiger partial charge on any atom is 0.335 e. The molecule has 1 heterocycles. The molecule has 6 N–H and O–H groups in total. The van der Waals surface area contributed by atoms with Gasteiger partial charge in [-0.05, 0) is 6.92 Å². The number of carboxylic acid groups (broad SMARTS) is 2. The molecule has 0 spiro atoms. The topological polar surface area (TPSA) is 139 Å². The van der Waals surface area contributed by atoms with Crippen LogP contribution in [0.4, 0.5) is 0 Å². The number of hydrogen-bond donors (Lipinski definition) is 6. The Morgan fingerprint density at radius 3 is 1.72 bits per heavy atom. The van der Waals surface area contributed by atoms with Crippen molar-refractivity contribution in [2.75, 3.05) is 19.6 Å². The molecule has 1 aliphatic heterocycles. The van der Waals surface area contributed by atoms with E-state index in [4.69, 9.17) is 20.4 Å². The number of nitrogens with one attached hydrogen (secondary N) is 2. The van der Waals surface area contributed by atoms with Gasteiger partial charge in [-0.2, -0.15) is 0 Å². The summed E-state index contributed by atoms with van der Waals surface area (Å²) in [4.78, 5) is 19.5. The third kappa shape index (κ3) is 8.20. The van der Waals surface area contributed by atoms with Gasteiger partial charge in [0.05, 0.1) is 0 Å². The number of carboxylic acids is 2. The highest BCUT2D eigenvalue weighted by molar-refractivity contribution is 5.85. The van der Waals surface area contributed by atoms with Crippen LogP contribution in [0.5, 0.6) is 0 Å². The third-order valence-electron chi connectivity index (χ3n) is 2.05. The van der Waals surface area contributed by atoms with Crippen LogP contribution in [-0.4, -0.2) is 70.2 Å². The number of aliphatic hydroxyl groups is 2. The predicted molar refractivity (Wildman–Crippen MR) is 64.9 cm³/mol. The van der Waals surface area contributed by atoms with Crippen molar-refractivity contribution >= 4 is 24.3 Å². The fourth-order valence-electron chi connectivity index (χ4n) is 1.07. The van der Waals surface area contributed by atoms with Crippen molar-refractivity contribution in [3.63, 3.8) is 0 Å². The molecule has 0 aromatic carbocycles. The second kappa shape index (κ2) is 10.0. The highest BCUT2D eigenvalue weighted by Crippen LogP contribution is 1.92. The molecule has 1 rings (SSSR count). The Morgan fingerprint density at radius 2 is 1.56 bits per heavy atom. The molecule has 3 atom stereocenters. The van der Waals surface area contributed by atoms with Crippen LogP contribution in [0.1, 0.15) is 6.92 Å². The molecule has 0 unspecified atom stereocenters. The Labute approximate surface area is 110 Å². The molecular weight excluding hydrogens is 268 g/mol. The van der Waals surface area contributed by atoms with Crippen molar-refractivity contribution in [1.29, 1.82) is 0 Å². The van der Waals surface area contributed by atoms with Crippen molar-refractivity contribution in [2.45, 2.75) is 25.2 Å². The van der Waals surface area contributed by atoms with Gasteiger partial charge in [-0.25, -0.2) is 9.59 Å². The average molecular weight is 287 g/mol. The zero-order valence-corrected chi connectivity index (χ0v) is 10.7. The molecule has 1 aliphatic rings. The fourth-order valence-corrected chi connectivity index (χ4v) is 1.07. The maximum atomic E-state index is 9.77. The van der Waals surface area contributed by atoms with Crippen molar-refractivity contribution in [2.24, 2.45) is 0 Å². The lowest BCUT2D eigenvalue weighted by atomic mass is 10.2. The number of aliphatic carboxylic acids is 2. The summed E-state index contributed by atoms with van der Waals surface area (Å²) in [5.74, 6) is -3.54. The number of piperazine rings is 1. The molecule has 0 aliphatic carbocycles. The summed E-state index contributed by atoms with van der Waals surface area (Å²) in [5.41, 5.74) is 0. The van der Waals surface area contributed by atoms with Crippen LogP contribution in [0.3, 0.4) is 0 Å². The molecular formula is C9H19ClN2O6. The second-order valence-corrected chi connectivity index (χ2v) is 3.63. The molecule has 0 saturated carbocycles. The van der Waals surface area contributed by atoms with Crippen molar-refractivity contribution in [3.8, 4) is 0 Å². The van der Waals surface area contributed by atoms with Crippen LogP contribution >= 0.6 is 12.4 Å². The summed E-state index contributed by atoms with van der Waals surface area (Å²) >= 11 is 0. The van der Waals surface area contributed by atoms with E-state index >= 15 is 0 Å². The van der Waals surface area contributed by atoms with E-state index in [0.717, 1.165) is 19.6 Å². The minimum absolute atomic E-state index is 0. The lowest BCUT2D eigenvalue weighted by Crippen LogP contribution is -2.46. The lowest BCUT2D eigenvalue weighted by molar-refractivity contribution is -0.165. The number of halogens is 1. The molecule has 0 amide bonds. The Hall–Kier alpha value is -0.930. The normalized spacial score (nSPS) is 21.6. The quantitative estimate of drug-likeness (QED) is 0.346. The van der Waals surface area contributed by atoms with Gasteiger partial charge < -0.3 is 31.1 Å². The third-order valence-corrected chi connectivity index (χ3v) is 2.05. The largest absolute Gasteiger partial charge is 0.479 e. The molecule has 18 heavy (non-hydrogen) atoms. The zero-order chi connectivity index (χ0) is 13.4. The van der Waals surface area contributed by atoms with Crippen LogP contribution in [0.2, 0.25) is 0 Å². The Bertz CT molecular complexity index is 241. The van der Waals surface area contributed by atoms with Gasteiger partial charge in [0.25, 0.3) is 0 Å². The van der Waals surface area contributed by atoms with E-state index in [1.165, 1.54) is 0 Å². The van der Waals surface area contributed by atoms with E-state index in [1.807, 2.05) is 0 Å². The first-order chi connectivity index (χ1) is 7.86. The minimum Gasteiger partial charge on any atom is -0.479 e. The van der Waals surface area contributed by atoms with Gasteiger partial charge in [-0.15, -0.1) is 12.4 Å². The molecule has 1 fully saturated rings. The van der Waals surface area contributed by atoms with Crippen LogP contribution < -0.4 is 10.6 Å². The number of hydrogen-bond acceptors (Lipinski definition) is 6. The molecule has 0 aromatic heterocycles. The highest BCUT2D eigenvalue weighted by Gasteiger charge is 2.29. The standard InChI is InChI=1S/C5H12N2.C4H6O6.ClH/c1-5-4-6-2-3-7-5;5-1(3(7)8)2(6)4(9)10;/h5-7H,2-4H2,1H3;1-2,5-6H,(H,7,8)(H,9,10);1H/t5-;1-,2-;/m00./s1. The summed E-state index contributed by atoms with van der Waals surface area (Å²) in [6, 6.07) is 0.675. The van der Waals surface area contributed by atoms with E-state index < -0.39 is 24.1 Å².